The van der Waals surface area contributed by atoms with Gasteiger partial charge in [0.1, 0.15) is 11.7 Å². The fourth-order valence-electron chi connectivity index (χ4n) is 9.29. The van der Waals surface area contributed by atoms with Gasteiger partial charge in [0.2, 0.25) is 11.4 Å². The molecule has 0 spiro atoms. The summed E-state index contributed by atoms with van der Waals surface area (Å²) < 4.78 is 2.43. The molecule has 62 heavy (non-hydrogen) atoms. The summed E-state index contributed by atoms with van der Waals surface area (Å²) in [6, 6.07) is 64.5. The zero-order chi connectivity index (χ0) is 43.2. The molecular weight excluding hydrogens is 751 g/mol. The molecule has 1 heterocycles. The van der Waals surface area contributed by atoms with Crippen LogP contribution in [0.15, 0.2) is 188 Å². The van der Waals surface area contributed by atoms with Crippen molar-refractivity contribution in [3.05, 3.63) is 216 Å². The Bertz CT molecular complexity index is 3120. The molecule has 1 aliphatic heterocycles. The van der Waals surface area contributed by atoms with Crippen LogP contribution in [0.1, 0.15) is 75.3 Å². The second kappa shape index (κ2) is 18.7. The van der Waals surface area contributed by atoms with Crippen LogP contribution in [0.4, 0.5) is 11.4 Å². The number of para-hydroxylation sites is 1. The van der Waals surface area contributed by atoms with E-state index in [-0.39, 0.29) is 5.92 Å². The summed E-state index contributed by atoms with van der Waals surface area (Å²) in [6.07, 6.45) is 6.84. The van der Waals surface area contributed by atoms with Crippen LogP contribution in [-0.4, -0.2) is 10.8 Å². The van der Waals surface area contributed by atoms with Crippen molar-refractivity contribution in [3.63, 3.8) is 0 Å². The smallest absolute Gasteiger partial charge is 0.216 e. The highest BCUT2D eigenvalue weighted by molar-refractivity contribution is 6.33. The molecule has 12 rings (SSSR count). The molecule has 1 aliphatic carbocycles. The minimum atomic E-state index is 0.271. The third-order valence-electron chi connectivity index (χ3n) is 12.1. The summed E-state index contributed by atoms with van der Waals surface area (Å²) >= 11 is 0. The van der Waals surface area contributed by atoms with Crippen molar-refractivity contribution in [2.45, 2.75) is 60.3 Å². The summed E-state index contributed by atoms with van der Waals surface area (Å²) in [4.78, 5) is 0. The summed E-state index contributed by atoms with van der Waals surface area (Å²) in [5, 5.41) is 22.4. The molecule has 10 aromatic rings. The number of nitrogens with zero attached hydrogens (tertiary/aromatic N) is 1. The lowest BCUT2D eigenvalue weighted by Gasteiger charge is -2.17. The highest BCUT2D eigenvalue weighted by Crippen LogP contribution is 2.48. The Morgan fingerprint density at radius 2 is 0.968 bits per heavy atom. The highest BCUT2D eigenvalue weighted by Gasteiger charge is 2.43. The zero-order valence-electron chi connectivity index (χ0n) is 36.9. The Balaban J connectivity index is 0.000000134. The molecule has 0 radical (unpaired) electrons. The van der Waals surface area contributed by atoms with Gasteiger partial charge in [-0.25, -0.2) is 0 Å². The highest BCUT2D eigenvalue weighted by atomic mass is 16.3. The van der Waals surface area contributed by atoms with Crippen molar-refractivity contribution in [2.75, 3.05) is 0 Å². The predicted molar refractivity (Wildman–Crippen MR) is 271 cm³/mol. The number of aromatic hydroxyl groups is 1. The topological polar surface area (TPSA) is 23.2 Å². The van der Waals surface area contributed by atoms with E-state index in [9.17, 15) is 5.11 Å². The van der Waals surface area contributed by atoms with E-state index in [2.05, 4.69) is 188 Å². The maximum absolute atomic E-state index is 10.2. The number of allylic oxidation sites excluding steroid dienone is 1. The Hall–Kier alpha value is -7.03. The quantitative estimate of drug-likeness (QED) is 0.107. The van der Waals surface area contributed by atoms with Crippen LogP contribution in [-0.2, 0) is 12.8 Å². The maximum atomic E-state index is 10.2. The average molecular weight is 807 g/mol. The SMILES string of the molecule is C1=Cc2ccccc2C2C1=[N+](c1ccccc1)c1ccc3ccccc3c12.CC.CC.CCc1ccc(CC)cc1.Oc1ccc2c3cccc4cccc(c5cccc1c52)c43. The Morgan fingerprint density at radius 1 is 0.435 bits per heavy atom. The van der Waals surface area contributed by atoms with Gasteiger partial charge in [-0.2, -0.15) is 4.58 Å². The number of aryl methyl sites for hydroxylation is 2. The van der Waals surface area contributed by atoms with Crippen molar-refractivity contribution < 1.29 is 5.11 Å². The largest absolute Gasteiger partial charge is 0.507 e. The van der Waals surface area contributed by atoms with Crippen molar-refractivity contribution in [3.8, 4) is 5.75 Å². The monoisotopic (exact) mass is 806 g/mol. The van der Waals surface area contributed by atoms with Crippen LogP contribution in [0, 0.1) is 0 Å². The van der Waals surface area contributed by atoms with E-state index in [0.717, 1.165) is 23.6 Å². The molecule has 1 atom stereocenters. The number of benzene rings is 10. The van der Waals surface area contributed by atoms with Gasteiger partial charge in [0.15, 0.2) is 5.71 Å². The first-order valence-corrected chi connectivity index (χ1v) is 22.5. The lowest BCUT2D eigenvalue weighted by Crippen LogP contribution is -2.18. The molecule has 1 N–H and O–H groups in total. The van der Waals surface area contributed by atoms with E-state index in [4.69, 9.17) is 0 Å². The molecule has 0 bridgehead atoms. The normalized spacial score (nSPS) is 13.2. The molecule has 2 nitrogen and oxygen atoms in total. The van der Waals surface area contributed by atoms with E-state index >= 15 is 0 Å². The summed E-state index contributed by atoms with van der Waals surface area (Å²) in [6.45, 7) is 12.4. The van der Waals surface area contributed by atoms with Crippen molar-refractivity contribution in [1.29, 1.82) is 0 Å². The first-order chi connectivity index (χ1) is 30.6. The fourth-order valence-corrected chi connectivity index (χ4v) is 9.29. The number of phenols is 1. The first-order valence-electron chi connectivity index (χ1n) is 22.5. The average Bonchev–Trinajstić information content (AvgIpc) is 3.71. The van der Waals surface area contributed by atoms with Gasteiger partial charge in [0, 0.05) is 35.0 Å². The van der Waals surface area contributed by atoms with Gasteiger partial charge in [0.25, 0.3) is 0 Å². The van der Waals surface area contributed by atoms with Gasteiger partial charge >= 0.3 is 0 Å². The first kappa shape index (κ1) is 41.7. The molecule has 0 saturated heterocycles. The maximum Gasteiger partial charge on any atom is 0.216 e. The molecule has 2 heteroatoms. The third-order valence-corrected chi connectivity index (χ3v) is 12.1. The molecule has 0 fully saturated rings. The van der Waals surface area contributed by atoms with Crippen molar-refractivity contribution in [1.82, 2.24) is 4.58 Å². The molecule has 2 aliphatic rings. The molecule has 10 aromatic carbocycles. The Kier molecular flexibility index (Phi) is 12.6. The minimum absolute atomic E-state index is 0.271. The van der Waals surface area contributed by atoms with E-state index < -0.39 is 0 Å². The molecule has 306 valence electrons. The third kappa shape index (κ3) is 7.52. The number of rotatable bonds is 3. The van der Waals surface area contributed by atoms with Gasteiger partial charge in [0.05, 0.1) is 5.56 Å². The van der Waals surface area contributed by atoms with E-state index in [1.165, 1.54) is 88.0 Å². The van der Waals surface area contributed by atoms with Crippen LogP contribution in [0.2, 0.25) is 0 Å². The lowest BCUT2D eigenvalue weighted by molar-refractivity contribution is 0.482. The Morgan fingerprint density at radius 3 is 1.65 bits per heavy atom. The number of hydrogen-bond acceptors (Lipinski definition) is 1. The van der Waals surface area contributed by atoms with E-state index in [1.807, 2.05) is 45.9 Å². The van der Waals surface area contributed by atoms with Crippen LogP contribution in [0.25, 0.3) is 59.9 Å². The van der Waals surface area contributed by atoms with E-state index in [1.54, 1.807) is 6.07 Å². The fraction of sp³-hybridized carbons (Fsp3) is 0.150. The lowest BCUT2D eigenvalue weighted by atomic mass is 9.80. The van der Waals surface area contributed by atoms with E-state index in [0.29, 0.717) is 5.75 Å². The van der Waals surface area contributed by atoms with Gasteiger partial charge < -0.3 is 5.11 Å². The van der Waals surface area contributed by atoms with Gasteiger partial charge in [-0.3, -0.25) is 0 Å². The van der Waals surface area contributed by atoms with Crippen LogP contribution in [0.3, 0.4) is 0 Å². The number of fused-ring (bicyclic) bond motifs is 9. The second-order valence-electron chi connectivity index (χ2n) is 15.3. The molecule has 1 unspecified atom stereocenters. The number of hydrogen-bond donors (Lipinski definition) is 1. The van der Waals surface area contributed by atoms with Crippen molar-refractivity contribution in [2.24, 2.45) is 0 Å². The Labute approximate surface area is 367 Å². The van der Waals surface area contributed by atoms with Gasteiger partial charge in [-0.1, -0.05) is 193 Å². The predicted octanol–water partition coefficient (Wildman–Crippen LogP) is 16.6. The van der Waals surface area contributed by atoms with Crippen LogP contribution in [0.5, 0.6) is 5.75 Å². The molecule has 0 amide bonds. The molecule has 0 saturated carbocycles. The summed E-state index contributed by atoms with van der Waals surface area (Å²) in [5.41, 5.74) is 10.8. The summed E-state index contributed by atoms with van der Waals surface area (Å²) in [7, 11) is 0. The molecular formula is C60H56NO+. The van der Waals surface area contributed by atoms with Crippen LogP contribution < -0.4 is 4.58 Å². The minimum Gasteiger partial charge on any atom is -0.507 e. The number of phenolic OH excluding ortho intramolecular Hbond substituents is 1. The van der Waals surface area contributed by atoms with Gasteiger partial charge in [-0.15, -0.1) is 0 Å². The van der Waals surface area contributed by atoms with Gasteiger partial charge in [-0.05, 0) is 96.4 Å². The summed E-state index contributed by atoms with van der Waals surface area (Å²) in [5.74, 6) is 0.620. The zero-order valence-corrected chi connectivity index (χ0v) is 36.9. The van der Waals surface area contributed by atoms with Crippen LogP contribution >= 0.6 is 0 Å². The van der Waals surface area contributed by atoms with Crippen molar-refractivity contribution >= 4 is 77.0 Å². The second-order valence-corrected chi connectivity index (χ2v) is 15.3. The standard InChI is InChI=1S/C26H18N.C20H12O.C10H14.2C2H6/c1-2-10-20(11-3-1)27-23-16-14-18-8-4-6-12-21(18)25(23)26-22-13-7-5-9-19(22)15-17-24(26)27;21-18-11-10-16-14-7-2-5-12-4-1-6-13(19(12)14)15-8-3-9-17(18)20(15)16;1-3-9-5-7-10(4-2)8-6-9;2*1-2/h1-17,25H;1-11,21H;5-8H,3-4H2,1-2H3;2*1-2H3/q+1;;;;. The molecule has 0 aromatic heterocycles.